The molecule has 1 unspecified atom stereocenters. The van der Waals surface area contributed by atoms with Crippen molar-refractivity contribution in [1.29, 1.82) is 0 Å². The van der Waals surface area contributed by atoms with Crippen molar-refractivity contribution in [3.05, 3.63) is 16.0 Å². The summed E-state index contributed by atoms with van der Waals surface area (Å²) in [6.07, 6.45) is 4.60. The lowest BCUT2D eigenvalue weighted by Gasteiger charge is -2.13. The van der Waals surface area contributed by atoms with E-state index >= 15 is 0 Å². The number of hydrogen-bond donors (Lipinski definition) is 1. The minimum atomic E-state index is 0.491. The molecule has 1 aromatic heterocycles. The first-order valence-corrected chi connectivity index (χ1v) is 7.96. The molecule has 2 rings (SSSR count). The summed E-state index contributed by atoms with van der Waals surface area (Å²) in [6, 6.07) is 0. The number of thioether (sulfide) groups is 1. The Morgan fingerprint density at radius 2 is 2.29 bits per heavy atom. The van der Waals surface area contributed by atoms with Crippen molar-refractivity contribution in [1.82, 2.24) is 9.97 Å². The fourth-order valence-corrected chi connectivity index (χ4v) is 3.79. The Labute approximate surface area is 115 Å². The molecule has 0 amide bonds. The predicted octanol–water partition coefficient (Wildman–Crippen LogP) is 3.80. The van der Waals surface area contributed by atoms with E-state index in [1.54, 1.807) is 0 Å². The van der Waals surface area contributed by atoms with Gasteiger partial charge in [-0.1, -0.05) is 13.3 Å². The number of nitrogens with zero attached hydrogens (tertiary/aromatic N) is 2. The third-order valence-electron chi connectivity index (χ3n) is 2.88. The number of nitrogens with one attached hydrogen (secondary N) is 1. The van der Waals surface area contributed by atoms with Crippen LogP contribution in [0, 0.1) is 0 Å². The van der Waals surface area contributed by atoms with Crippen LogP contribution in [-0.4, -0.2) is 22.8 Å². The van der Waals surface area contributed by atoms with Gasteiger partial charge in [0.25, 0.3) is 0 Å². The van der Waals surface area contributed by atoms with Gasteiger partial charge >= 0.3 is 0 Å². The Morgan fingerprint density at radius 3 is 2.88 bits per heavy atom. The van der Waals surface area contributed by atoms with Crippen molar-refractivity contribution in [2.75, 3.05) is 18.1 Å². The topological polar surface area (TPSA) is 37.8 Å². The second-order valence-electron chi connectivity index (χ2n) is 4.19. The SMILES string of the molecule is CCCc1nc(C2CCCS2)nc(NC)c1Br. The molecule has 1 aromatic rings. The fraction of sp³-hybridized carbons (Fsp3) is 0.667. The first kappa shape index (κ1) is 13.1. The average molecular weight is 316 g/mol. The van der Waals surface area contributed by atoms with Gasteiger partial charge in [0, 0.05) is 7.05 Å². The highest BCUT2D eigenvalue weighted by Crippen LogP contribution is 2.39. The molecule has 1 atom stereocenters. The van der Waals surface area contributed by atoms with Crippen LogP contribution < -0.4 is 5.32 Å². The van der Waals surface area contributed by atoms with Crippen molar-refractivity contribution < 1.29 is 0 Å². The van der Waals surface area contributed by atoms with E-state index in [1.165, 1.54) is 18.6 Å². The molecular formula is C12H18BrN3S. The third kappa shape index (κ3) is 2.94. The summed E-state index contributed by atoms with van der Waals surface area (Å²) in [5, 5.41) is 3.64. The molecule has 5 heteroatoms. The monoisotopic (exact) mass is 315 g/mol. The van der Waals surface area contributed by atoms with Crippen LogP contribution in [0.4, 0.5) is 5.82 Å². The zero-order valence-electron chi connectivity index (χ0n) is 10.3. The lowest BCUT2D eigenvalue weighted by atomic mass is 10.2. The highest BCUT2D eigenvalue weighted by molar-refractivity contribution is 9.10. The van der Waals surface area contributed by atoms with Gasteiger partial charge in [0.15, 0.2) is 0 Å². The summed E-state index contributed by atoms with van der Waals surface area (Å²) in [6.45, 7) is 2.18. The maximum absolute atomic E-state index is 4.73. The number of rotatable bonds is 4. The summed E-state index contributed by atoms with van der Waals surface area (Å²) in [7, 11) is 1.91. The van der Waals surface area contributed by atoms with Crippen LogP contribution in [0.15, 0.2) is 4.47 Å². The summed E-state index contributed by atoms with van der Waals surface area (Å²) in [5.74, 6) is 3.16. The average Bonchev–Trinajstić information content (AvgIpc) is 2.85. The molecule has 0 aromatic carbocycles. The molecule has 1 N–H and O–H groups in total. The molecule has 0 aliphatic carbocycles. The molecule has 0 bridgehead atoms. The van der Waals surface area contributed by atoms with E-state index in [4.69, 9.17) is 4.98 Å². The summed E-state index contributed by atoms with van der Waals surface area (Å²) < 4.78 is 1.02. The van der Waals surface area contributed by atoms with Crippen molar-refractivity contribution in [2.24, 2.45) is 0 Å². The Bertz CT molecular complexity index is 392. The molecule has 17 heavy (non-hydrogen) atoms. The van der Waals surface area contributed by atoms with Crippen LogP contribution in [0.2, 0.25) is 0 Å². The van der Waals surface area contributed by atoms with Crippen LogP contribution in [0.3, 0.4) is 0 Å². The number of halogens is 1. The predicted molar refractivity (Wildman–Crippen MR) is 77.7 cm³/mol. The third-order valence-corrected chi connectivity index (χ3v) is 5.08. The molecule has 0 radical (unpaired) electrons. The van der Waals surface area contributed by atoms with Crippen LogP contribution in [0.25, 0.3) is 0 Å². The highest BCUT2D eigenvalue weighted by atomic mass is 79.9. The van der Waals surface area contributed by atoms with E-state index in [1.807, 2.05) is 18.8 Å². The van der Waals surface area contributed by atoms with Crippen molar-refractivity contribution in [2.45, 2.75) is 37.9 Å². The van der Waals surface area contributed by atoms with E-state index in [2.05, 4.69) is 33.2 Å². The molecule has 1 aliphatic heterocycles. The van der Waals surface area contributed by atoms with Gasteiger partial charge in [0.2, 0.25) is 0 Å². The van der Waals surface area contributed by atoms with E-state index in [-0.39, 0.29) is 0 Å². The summed E-state index contributed by atoms with van der Waals surface area (Å²) >= 11 is 5.57. The molecule has 3 nitrogen and oxygen atoms in total. The minimum absolute atomic E-state index is 0.491. The van der Waals surface area contributed by atoms with Crippen LogP contribution in [-0.2, 0) is 6.42 Å². The molecule has 2 heterocycles. The lowest BCUT2D eigenvalue weighted by molar-refractivity contribution is 0.755. The standard InChI is InChI=1S/C12H18BrN3S/c1-3-5-8-10(13)12(14-2)16-11(15-8)9-6-4-7-17-9/h9H,3-7H2,1-2H3,(H,14,15,16). The number of aryl methyl sites for hydroxylation is 1. The molecule has 0 spiro atoms. The van der Waals surface area contributed by atoms with Crippen LogP contribution in [0.1, 0.15) is 43.0 Å². The maximum atomic E-state index is 4.73. The Balaban J connectivity index is 2.35. The quantitative estimate of drug-likeness (QED) is 0.917. The zero-order chi connectivity index (χ0) is 12.3. The van der Waals surface area contributed by atoms with Gasteiger partial charge in [-0.15, -0.1) is 0 Å². The molecule has 1 saturated heterocycles. The minimum Gasteiger partial charge on any atom is -0.372 e. The number of anilines is 1. The molecular weight excluding hydrogens is 298 g/mol. The van der Waals surface area contributed by atoms with Gasteiger partial charge in [0.05, 0.1) is 15.4 Å². The highest BCUT2D eigenvalue weighted by Gasteiger charge is 2.22. The maximum Gasteiger partial charge on any atom is 0.144 e. The Kier molecular flexibility index (Phi) is 4.68. The van der Waals surface area contributed by atoms with Gasteiger partial charge < -0.3 is 5.32 Å². The second-order valence-corrected chi connectivity index (χ2v) is 6.30. The van der Waals surface area contributed by atoms with E-state index < -0.39 is 0 Å². The van der Waals surface area contributed by atoms with Crippen molar-refractivity contribution >= 4 is 33.5 Å². The van der Waals surface area contributed by atoms with Gasteiger partial charge in [-0.05, 0) is 40.9 Å². The Morgan fingerprint density at radius 1 is 1.47 bits per heavy atom. The molecule has 1 fully saturated rings. The molecule has 1 aliphatic rings. The van der Waals surface area contributed by atoms with E-state index in [9.17, 15) is 0 Å². The first-order valence-electron chi connectivity index (χ1n) is 6.12. The smallest absolute Gasteiger partial charge is 0.144 e. The second kappa shape index (κ2) is 6.05. The summed E-state index contributed by atoms with van der Waals surface area (Å²) in [5.41, 5.74) is 1.13. The number of aromatic nitrogens is 2. The van der Waals surface area contributed by atoms with Crippen molar-refractivity contribution in [3.8, 4) is 0 Å². The lowest BCUT2D eigenvalue weighted by Crippen LogP contribution is -2.07. The van der Waals surface area contributed by atoms with E-state index in [0.29, 0.717) is 5.25 Å². The molecule has 0 saturated carbocycles. The largest absolute Gasteiger partial charge is 0.372 e. The van der Waals surface area contributed by atoms with Crippen LogP contribution in [0.5, 0.6) is 0 Å². The summed E-state index contributed by atoms with van der Waals surface area (Å²) in [4.78, 5) is 9.36. The molecule has 94 valence electrons. The van der Waals surface area contributed by atoms with Gasteiger partial charge in [0.1, 0.15) is 11.6 Å². The normalized spacial score (nSPS) is 19.6. The fourth-order valence-electron chi connectivity index (χ4n) is 2.01. The van der Waals surface area contributed by atoms with E-state index in [0.717, 1.165) is 34.7 Å². The first-order chi connectivity index (χ1) is 8.26. The van der Waals surface area contributed by atoms with Crippen LogP contribution >= 0.6 is 27.7 Å². The van der Waals surface area contributed by atoms with Gasteiger partial charge in [-0.25, -0.2) is 9.97 Å². The van der Waals surface area contributed by atoms with Crippen molar-refractivity contribution in [3.63, 3.8) is 0 Å². The Hall–Kier alpha value is -0.290. The van der Waals surface area contributed by atoms with Gasteiger partial charge in [-0.2, -0.15) is 11.8 Å². The zero-order valence-corrected chi connectivity index (χ0v) is 12.7. The number of hydrogen-bond acceptors (Lipinski definition) is 4. The van der Waals surface area contributed by atoms with Gasteiger partial charge in [-0.3, -0.25) is 0 Å².